The standard InChI is InChI=1S/C14H23N3O/c1-11-5-6-12(18-11)9-16-13-3-2-4-14(13)17-8-7-15-10-17/h7-8,10-14,16H,2-6,9H2,1H3. The molecule has 3 rings (SSSR count). The van der Waals surface area contributed by atoms with Crippen molar-refractivity contribution in [3.8, 4) is 0 Å². The number of hydrogen-bond donors (Lipinski definition) is 1. The molecule has 0 spiro atoms. The van der Waals surface area contributed by atoms with Crippen molar-refractivity contribution in [2.75, 3.05) is 6.54 Å². The molecule has 100 valence electrons. The monoisotopic (exact) mass is 249 g/mol. The van der Waals surface area contributed by atoms with E-state index in [1.165, 1.54) is 32.1 Å². The minimum absolute atomic E-state index is 0.420. The lowest BCUT2D eigenvalue weighted by molar-refractivity contribution is 0.0536. The molecule has 0 radical (unpaired) electrons. The van der Waals surface area contributed by atoms with Crippen LogP contribution in [0.2, 0.25) is 0 Å². The maximum absolute atomic E-state index is 5.87. The topological polar surface area (TPSA) is 39.1 Å². The van der Waals surface area contributed by atoms with Crippen LogP contribution < -0.4 is 5.32 Å². The van der Waals surface area contributed by atoms with Gasteiger partial charge in [0.1, 0.15) is 0 Å². The summed E-state index contributed by atoms with van der Waals surface area (Å²) in [6.45, 7) is 3.17. The smallest absolute Gasteiger partial charge is 0.0949 e. The van der Waals surface area contributed by atoms with Crippen LogP contribution in [0, 0.1) is 0 Å². The van der Waals surface area contributed by atoms with E-state index in [1.807, 2.05) is 12.5 Å². The molecule has 4 atom stereocenters. The van der Waals surface area contributed by atoms with Gasteiger partial charge in [-0.15, -0.1) is 0 Å². The first kappa shape index (κ1) is 12.2. The van der Waals surface area contributed by atoms with Gasteiger partial charge in [0.2, 0.25) is 0 Å². The molecule has 0 bridgehead atoms. The third-order valence-corrected chi connectivity index (χ3v) is 4.31. The molecule has 0 aromatic carbocycles. The Kier molecular flexibility index (Phi) is 3.66. The molecule has 18 heavy (non-hydrogen) atoms. The first-order valence-corrected chi connectivity index (χ1v) is 7.19. The molecule has 1 N–H and O–H groups in total. The lowest BCUT2D eigenvalue weighted by Crippen LogP contribution is -2.38. The molecule has 1 aromatic rings. The van der Waals surface area contributed by atoms with Gasteiger partial charge in [0.05, 0.1) is 18.5 Å². The first-order valence-electron chi connectivity index (χ1n) is 7.19. The zero-order valence-corrected chi connectivity index (χ0v) is 11.1. The quantitative estimate of drug-likeness (QED) is 0.888. The molecule has 1 saturated heterocycles. The molecule has 1 aliphatic carbocycles. The van der Waals surface area contributed by atoms with Crippen molar-refractivity contribution < 1.29 is 4.74 Å². The van der Waals surface area contributed by atoms with Crippen molar-refractivity contribution in [1.29, 1.82) is 0 Å². The van der Waals surface area contributed by atoms with Crippen molar-refractivity contribution in [2.24, 2.45) is 0 Å². The summed E-state index contributed by atoms with van der Waals surface area (Å²) in [4.78, 5) is 4.16. The number of aromatic nitrogens is 2. The maximum atomic E-state index is 5.87. The van der Waals surface area contributed by atoms with Crippen molar-refractivity contribution in [1.82, 2.24) is 14.9 Å². The molecule has 1 aliphatic heterocycles. The predicted molar refractivity (Wildman–Crippen MR) is 70.5 cm³/mol. The van der Waals surface area contributed by atoms with Crippen molar-refractivity contribution in [3.05, 3.63) is 18.7 Å². The Bertz CT molecular complexity index is 365. The predicted octanol–water partition coefficient (Wildman–Crippen LogP) is 2.13. The third-order valence-electron chi connectivity index (χ3n) is 4.31. The van der Waals surface area contributed by atoms with Gasteiger partial charge in [-0.1, -0.05) is 0 Å². The van der Waals surface area contributed by atoms with Gasteiger partial charge >= 0.3 is 0 Å². The third kappa shape index (κ3) is 2.59. The van der Waals surface area contributed by atoms with Gasteiger partial charge in [0.25, 0.3) is 0 Å². The molecule has 4 unspecified atom stereocenters. The molecule has 0 amide bonds. The second-order valence-electron chi connectivity index (χ2n) is 5.67. The van der Waals surface area contributed by atoms with Crippen LogP contribution in [0.5, 0.6) is 0 Å². The van der Waals surface area contributed by atoms with Crippen LogP contribution in [-0.4, -0.2) is 34.3 Å². The van der Waals surface area contributed by atoms with Gasteiger partial charge in [-0.25, -0.2) is 4.98 Å². The fraction of sp³-hybridized carbons (Fsp3) is 0.786. The van der Waals surface area contributed by atoms with Gasteiger partial charge in [-0.2, -0.15) is 0 Å². The molecule has 1 saturated carbocycles. The molecular weight excluding hydrogens is 226 g/mol. The Hall–Kier alpha value is -0.870. The summed E-state index contributed by atoms with van der Waals surface area (Å²) in [5.74, 6) is 0. The van der Waals surface area contributed by atoms with E-state index < -0.39 is 0 Å². The average Bonchev–Trinajstić information content (AvgIpc) is 3.07. The number of ether oxygens (including phenoxy) is 1. The minimum atomic E-state index is 0.420. The van der Waals surface area contributed by atoms with Crippen LogP contribution in [0.1, 0.15) is 45.1 Å². The summed E-state index contributed by atoms with van der Waals surface area (Å²) >= 11 is 0. The van der Waals surface area contributed by atoms with Gasteiger partial charge < -0.3 is 14.6 Å². The van der Waals surface area contributed by atoms with Crippen molar-refractivity contribution in [3.63, 3.8) is 0 Å². The van der Waals surface area contributed by atoms with Gasteiger partial charge in [-0.3, -0.25) is 0 Å². The van der Waals surface area contributed by atoms with E-state index in [-0.39, 0.29) is 0 Å². The van der Waals surface area contributed by atoms with Crippen LogP contribution in [0.15, 0.2) is 18.7 Å². The molecule has 4 nitrogen and oxygen atoms in total. The van der Waals surface area contributed by atoms with E-state index in [1.54, 1.807) is 0 Å². The number of imidazole rings is 1. The minimum Gasteiger partial charge on any atom is -0.374 e. The highest BCUT2D eigenvalue weighted by Crippen LogP contribution is 2.30. The van der Waals surface area contributed by atoms with Crippen molar-refractivity contribution >= 4 is 0 Å². The molecule has 2 heterocycles. The fourth-order valence-electron chi connectivity index (χ4n) is 3.32. The van der Waals surface area contributed by atoms with Crippen LogP contribution in [0.3, 0.4) is 0 Å². The van der Waals surface area contributed by atoms with Gasteiger partial charge in [-0.05, 0) is 39.0 Å². The number of rotatable bonds is 4. The summed E-state index contributed by atoms with van der Waals surface area (Å²) in [6.07, 6.45) is 13.0. The Labute approximate surface area is 109 Å². The Morgan fingerprint density at radius 2 is 2.28 bits per heavy atom. The van der Waals surface area contributed by atoms with Crippen LogP contribution in [0.4, 0.5) is 0 Å². The molecule has 2 fully saturated rings. The van der Waals surface area contributed by atoms with Gasteiger partial charge in [0, 0.05) is 31.0 Å². The lowest BCUT2D eigenvalue weighted by Gasteiger charge is -2.23. The van der Waals surface area contributed by atoms with Crippen LogP contribution in [-0.2, 0) is 4.74 Å². The number of nitrogens with one attached hydrogen (secondary N) is 1. The number of hydrogen-bond acceptors (Lipinski definition) is 3. The zero-order valence-electron chi connectivity index (χ0n) is 11.1. The van der Waals surface area contributed by atoms with E-state index in [2.05, 4.69) is 28.0 Å². The average molecular weight is 249 g/mol. The Morgan fingerprint density at radius 1 is 1.33 bits per heavy atom. The Morgan fingerprint density at radius 3 is 3.00 bits per heavy atom. The second kappa shape index (κ2) is 5.41. The molecular formula is C14H23N3O. The van der Waals surface area contributed by atoms with E-state index in [4.69, 9.17) is 4.74 Å². The van der Waals surface area contributed by atoms with Crippen LogP contribution in [0.25, 0.3) is 0 Å². The SMILES string of the molecule is CC1CCC(CNC2CCCC2n2ccnc2)O1. The summed E-state index contributed by atoms with van der Waals surface area (Å²) in [7, 11) is 0. The maximum Gasteiger partial charge on any atom is 0.0949 e. The second-order valence-corrected chi connectivity index (χ2v) is 5.67. The lowest BCUT2D eigenvalue weighted by atomic mass is 10.1. The molecule has 4 heteroatoms. The molecule has 2 aliphatic rings. The van der Waals surface area contributed by atoms with Crippen molar-refractivity contribution in [2.45, 2.75) is 63.3 Å². The van der Waals surface area contributed by atoms with E-state index in [9.17, 15) is 0 Å². The van der Waals surface area contributed by atoms with Crippen LogP contribution >= 0.6 is 0 Å². The molecule has 1 aromatic heterocycles. The summed E-state index contributed by atoms with van der Waals surface area (Å²) < 4.78 is 8.12. The summed E-state index contributed by atoms with van der Waals surface area (Å²) in [5.41, 5.74) is 0. The number of nitrogens with zero attached hydrogens (tertiary/aromatic N) is 2. The summed E-state index contributed by atoms with van der Waals surface area (Å²) in [6, 6.07) is 1.16. The Balaban J connectivity index is 1.52. The highest BCUT2D eigenvalue weighted by molar-refractivity contribution is 4.92. The first-order chi connectivity index (χ1) is 8.83. The zero-order chi connectivity index (χ0) is 12.4. The highest BCUT2D eigenvalue weighted by atomic mass is 16.5. The normalized spacial score (nSPS) is 36.3. The van der Waals surface area contributed by atoms with E-state index in [0.29, 0.717) is 24.3 Å². The largest absolute Gasteiger partial charge is 0.374 e. The highest BCUT2D eigenvalue weighted by Gasteiger charge is 2.29. The van der Waals surface area contributed by atoms with Gasteiger partial charge in [0.15, 0.2) is 0 Å². The van der Waals surface area contributed by atoms with E-state index in [0.717, 1.165) is 6.54 Å². The summed E-state index contributed by atoms with van der Waals surface area (Å²) in [5, 5.41) is 3.71. The van der Waals surface area contributed by atoms with E-state index >= 15 is 0 Å². The fourth-order valence-corrected chi connectivity index (χ4v) is 3.32.